The SMILES string of the molecule is CCCCCCCCCCCCc1ccccc1C(Sc1nnnn1CC(=O)O)C(C)C(=O)O. The van der Waals surface area contributed by atoms with Crippen molar-refractivity contribution in [2.75, 3.05) is 0 Å². The van der Waals surface area contributed by atoms with Crippen molar-refractivity contribution < 1.29 is 19.8 Å². The molecule has 0 aliphatic heterocycles. The van der Waals surface area contributed by atoms with Gasteiger partial charge in [-0.15, -0.1) is 5.10 Å². The van der Waals surface area contributed by atoms with Gasteiger partial charge in [0.25, 0.3) is 0 Å². The number of nitrogens with zero attached hydrogens (tertiary/aromatic N) is 4. The first kappa shape index (κ1) is 27.8. The predicted molar refractivity (Wildman–Crippen MR) is 133 cm³/mol. The van der Waals surface area contributed by atoms with Gasteiger partial charge >= 0.3 is 11.9 Å². The van der Waals surface area contributed by atoms with E-state index in [1.165, 1.54) is 67.8 Å². The van der Waals surface area contributed by atoms with Gasteiger partial charge < -0.3 is 10.2 Å². The average Bonchev–Trinajstić information content (AvgIpc) is 3.24. The number of tetrazole rings is 1. The lowest BCUT2D eigenvalue weighted by molar-refractivity contribution is -0.141. The number of aryl methyl sites for hydroxylation is 1. The summed E-state index contributed by atoms with van der Waals surface area (Å²) >= 11 is 1.21. The van der Waals surface area contributed by atoms with Crippen molar-refractivity contribution in [3.05, 3.63) is 35.4 Å². The molecule has 9 heteroatoms. The fourth-order valence-corrected chi connectivity index (χ4v) is 5.24. The van der Waals surface area contributed by atoms with Crippen molar-refractivity contribution in [2.24, 2.45) is 5.92 Å². The molecule has 2 rings (SSSR count). The Kier molecular flexibility index (Phi) is 12.7. The third kappa shape index (κ3) is 9.44. The molecule has 0 amide bonds. The van der Waals surface area contributed by atoms with E-state index < -0.39 is 23.1 Å². The summed E-state index contributed by atoms with van der Waals surface area (Å²) < 4.78 is 1.19. The molecule has 0 radical (unpaired) electrons. The topological polar surface area (TPSA) is 118 Å². The first-order valence-corrected chi connectivity index (χ1v) is 13.3. The van der Waals surface area contributed by atoms with E-state index in [0.29, 0.717) is 5.16 Å². The number of hydrogen-bond acceptors (Lipinski definition) is 6. The van der Waals surface area contributed by atoms with Crippen molar-refractivity contribution in [3.63, 3.8) is 0 Å². The standard InChI is InChI=1S/C25H38N4O4S/c1-3-4-5-6-7-8-9-10-11-12-15-20-16-13-14-17-21(20)23(19(2)24(32)33)34-25-26-27-28-29(25)18-22(30)31/h13-14,16-17,19,23H,3-12,15,18H2,1-2H3,(H,30,31)(H,32,33). The minimum absolute atomic E-state index is 0.300. The van der Waals surface area contributed by atoms with Crippen LogP contribution in [0.25, 0.3) is 0 Å². The van der Waals surface area contributed by atoms with E-state index in [4.69, 9.17) is 5.11 Å². The van der Waals surface area contributed by atoms with Gasteiger partial charge in [0.05, 0.1) is 11.2 Å². The van der Waals surface area contributed by atoms with Crippen LogP contribution >= 0.6 is 11.8 Å². The molecule has 0 spiro atoms. The Hall–Kier alpha value is -2.42. The summed E-state index contributed by atoms with van der Waals surface area (Å²) in [5.41, 5.74) is 2.08. The van der Waals surface area contributed by atoms with Crippen LogP contribution in [0.1, 0.15) is 94.4 Å². The Morgan fingerprint density at radius 2 is 1.59 bits per heavy atom. The third-order valence-corrected chi connectivity index (χ3v) is 7.44. The van der Waals surface area contributed by atoms with Crippen molar-refractivity contribution in [1.29, 1.82) is 0 Å². The lowest BCUT2D eigenvalue weighted by Gasteiger charge is -2.23. The highest BCUT2D eigenvalue weighted by Gasteiger charge is 2.30. The molecule has 2 unspecified atom stereocenters. The maximum atomic E-state index is 11.9. The van der Waals surface area contributed by atoms with Crippen LogP contribution in [0, 0.1) is 5.92 Å². The number of carboxylic acid groups (broad SMARTS) is 2. The third-order valence-electron chi connectivity index (χ3n) is 6.02. The van der Waals surface area contributed by atoms with Crippen LogP contribution in [-0.4, -0.2) is 42.4 Å². The summed E-state index contributed by atoms with van der Waals surface area (Å²) in [4.78, 5) is 23.0. The smallest absolute Gasteiger partial charge is 0.325 e. The zero-order valence-corrected chi connectivity index (χ0v) is 21.2. The predicted octanol–water partition coefficient (Wildman–Crippen LogP) is 5.78. The zero-order chi connectivity index (χ0) is 24.8. The summed E-state index contributed by atoms with van der Waals surface area (Å²) in [6.45, 7) is 3.54. The minimum atomic E-state index is -1.06. The summed E-state index contributed by atoms with van der Waals surface area (Å²) in [6, 6.07) is 7.93. The molecule has 2 atom stereocenters. The number of carboxylic acids is 2. The Balaban J connectivity index is 1.99. The summed E-state index contributed by atoms with van der Waals surface area (Å²) in [5.74, 6) is -2.67. The number of unbranched alkanes of at least 4 members (excludes halogenated alkanes) is 9. The van der Waals surface area contributed by atoms with Gasteiger partial charge in [0.1, 0.15) is 6.54 Å². The molecule has 0 aliphatic rings. The molecule has 1 aromatic carbocycles. The van der Waals surface area contributed by atoms with E-state index in [1.807, 2.05) is 18.2 Å². The number of aromatic nitrogens is 4. The second kappa shape index (κ2) is 15.5. The lowest BCUT2D eigenvalue weighted by atomic mass is 9.93. The van der Waals surface area contributed by atoms with E-state index >= 15 is 0 Å². The van der Waals surface area contributed by atoms with Crippen molar-refractivity contribution in [3.8, 4) is 0 Å². The maximum absolute atomic E-state index is 11.9. The Morgan fingerprint density at radius 1 is 0.971 bits per heavy atom. The second-order valence-corrected chi connectivity index (χ2v) is 9.92. The van der Waals surface area contributed by atoms with E-state index in [-0.39, 0.29) is 6.54 Å². The van der Waals surface area contributed by atoms with Crippen molar-refractivity contribution >= 4 is 23.7 Å². The Bertz CT molecular complexity index is 889. The summed E-state index contributed by atoms with van der Waals surface area (Å²) in [7, 11) is 0. The Labute approximate surface area is 206 Å². The van der Waals surface area contributed by atoms with Gasteiger partial charge in [-0.2, -0.15) is 0 Å². The number of benzene rings is 1. The van der Waals surface area contributed by atoms with Gasteiger partial charge in [-0.05, 0) is 34.4 Å². The molecule has 0 saturated carbocycles. The monoisotopic (exact) mass is 490 g/mol. The van der Waals surface area contributed by atoms with Gasteiger partial charge in [0.2, 0.25) is 5.16 Å². The maximum Gasteiger partial charge on any atom is 0.325 e. The summed E-state index contributed by atoms with van der Waals surface area (Å²) in [5, 5.41) is 30.0. The number of thioether (sulfide) groups is 1. The van der Waals surface area contributed by atoms with E-state index in [1.54, 1.807) is 6.92 Å². The molecule has 0 saturated heterocycles. The van der Waals surface area contributed by atoms with Crippen LogP contribution in [0.5, 0.6) is 0 Å². The van der Waals surface area contributed by atoms with Crippen LogP contribution in [0.2, 0.25) is 0 Å². The molecule has 2 aromatic rings. The Morgan fingerprint density at radius 3 is 2.21 bits per heavy atom. The average molecular weight is 491 g/mol. The fraction of sp³-hybridized carbons (Fsp3) is 0.640. The van der Waals surface area contributed by atoms with Crippen LogP contribution in [-0.2, 0) is 22.6 Å². The number of carbonyl (C=O) groups is 2. The molecule has 0 fully saturated rings. The first-order chi connectivity index (χ1) is 16.4. The van der Waals surface area contributed by atoms with Gasteiger partial charge in [-0.25, -0.2) is 4.68 Å². The van der Waals surface area contributed by atoms with Crippen molar-refractivity contribution in [1.82, 2.24) is 20.2 Å². The van der Waals surface area contributed by atoms with Crippen molar-refractivity contribution in [2.45, 2.75) is 101 Å². The van der Waals surface area contributed by atoms with Gasteiger partial charge in [-0.3, -0.25) is 9.59 Å². The van der Waals surface area contributed by atoms with E-state index in [2.05, 4.69) is 28.5 Å². The molecule has 8 nitrogen and oxygen atoms in total. The molecular formula is C25H38N4O4S. The molecule has 2 N–H and O–H groups in total. The van der Waals surface area contributed by atoms with E-state index in [0.717, 1.165) is 30.4 Å². The highest BCUT2D eigenvalue weighted by atomic mass is 32.2. The number of rotatable bonds is 18. The van der Waals surface area contributed by atoms with Crippen LogP contribution in [0.4, 0.5) is 0 Å². The molecule has 1 heterocycles. The largest absolute Gasteiger partial charge is 0.481 e. The molecule has 188 valence electrons. The van der Waals surface area contributed by atoms with Gasteiger partial charge in [0.15, 0.2) is 0 Å². The molecule has 1 aromatic heterocycles. The van der Waals surface area contributed by atoms with Crippen LogP contribution in [0.15, 0.2) is 29.4 Å². The zero-order valence-electron chi connectivity index (χ0n) is 20.4. The molecule has 34 heavy (non-hydrogen) atoms. The lowest BCUT2D eigenvalue weighted by Crippen LogP contribution is -2.19. The quantitative estimate of drug-likeness (QED) is 0.199. The van der Waals surface area contributed by atoms with E-state index in [9.17, 15) is 14.7 Å². The summed E-state index contributed by atoms with van der Waals surface area (Å²) in [6.07, 6.45) is 13.6. The highest BCUT2D eigenvalue weighted by Crippen LogP contribution is 2.41. The molecular weight excluding hydrogens is 452 g/mol. The van der Waals surface area contributed by atoms with Gasteiger partial charge in [0, 0.05) is 0 Å². The van der Waals surface area contributed by atoms with Gasteiger partial charge in [-0.1, -0.05) is 108 Å². The van der Waals surface area contributed by atoms with Crippen LogP contribution < -0.4 is 0 Å². The fourth-order valence-electron chi connectivity index (χ4n) is 4.03. The molecule has 0 aliphatic carbocycles. The first-order valence-electron chi connectivity index (χ1n) is 12.4. The second-order valence-electron chi connectivity index (χ2n) is 8.81. The normalized spacial score (nSPS) is 13.0. The minimum Gasteiger partial charge on any atom is -0.481 e. The molecule has 0 bridgehead atoms. The highest BCUT2D eigenvalue weighted by molar-refractivity contribution is 7.99. The number of aliphatic carboxylic acids is 2. The number of hydrogen-bond donors (Lipinski definition) is 2. The van der Waals surface area contributed by atoms with Crippen LogP contribution in [0.3, 0.4) is 0 Å².